The van der Waals surface area contributed by atoms with E-state index in [1.165, 1.54) is 40.5 Å². The summed E-state index contributed by atoms with van der Waals surface area (Å²) in [6.07, 6.45) is 1.64. The maximum Gasteiger partial charge on any atom is 0.272 e. The Hall–Kier alpha value is -1.95. The Bertz CT molecular complexity index is 582. The highest BCUT2D eigenvalue weighted by Gasteiger charge is 2.34. The highest BCUT2D eigenvalue weighted by molar-refractivity contribution is 7.13. The lowest BCUT2D eigenvalue weighted by Crippen LogP contribution is -2.47. The van der Waals surface area contributed by atoms with E-state index >= 15 is 0 Å². The van der Waals surface area contributed by atoms with Crippen LogP contribution in [-0.4, -0.2) is 23.5 Å². The standard InChI is InChI=1S/C14H15FN2O2S/c1-14(2,19-11-6-4-10(15)5-7-11)12(18)17(3)13-16-8-9-20-13/h4-9H,1-3H3. The van der Waals surface area contributed by atoms with Crippen molar-refractivity contribution in [1.82, 2.24) is 4.98 Å². The van der Waals surface area contributed by atoms with E-state index in [1.54, 1.807) is 32.5 Å². The molecule has 0 N–H and O–H groups in total. The number of amides is 1. The number of aromatic nitrogens is 1. The average molecular weight is 294 g/mol. The minimum Gasteiger partial charge on any atom is -0.478 e. The van der Waals surface area contributed by atoms with Crippen LogP contribution in [-0.2, 0) is 4.79 Å². The molecule has 1 aromatic heterocycles. The Balaban J connectivity index is 2.13. The first-order valence-electron chi connectivity index (χ1n) is 6.02. The molecule has 1 heterocycles. The second-order valence-corrected chi connectivity index (χ2v) is 5.62. The molecule has 0 fully saturated rings. The Morgan fingerprint density at radius 3 is 2.55 bits per heavy atom. The highest BCUT2D eigenvalue weighted by atomic mass is 32.1. The van der Waals surface area contributed by atoms with Crippen molar-refractivity contribution in [3.63, 3.8) is 0 Å². The van der Waals surface area contributed by atoms with E-state index in [9.17, 15) is 9.18 Å². The second kappa shape index (κ2) is 5.58. The number of ether oxygens (including phenoxy) is 1. The lowest BCUT2D eigenvalue weighted by molar-refractivity contribution is -0.131. The van der Waals surface area contributed by atoms with Crippen molar-refractivity contribution in [3.8, 4) is 5.75 Å². The van der Waals surface area contributed by atoms with E-state index in [1.807, 2.05) is 0 Å². The Kier molecular flexibility index (Phi) is 4.04. The van der Waals surface area contributed by atoms with Gasteiger partial charge in [0.25, 0.3) is 5.91 Å². The smallest absolute Gasteiger partial charge is 0.272 e. The summed E-state index contributed by atoms with van der Waals surface area (Å²) in [4.78, 5) is 18.0. The molecule has 0 saturated heterocycles. The maximum atomic E-state index is 12.9. The van der Waals surface area contributed by atoms with Gasteiger partial charge in [-0.05, 0) is 38.1 Å². The van der Waals surface area contributed by atoms with E-state index in [0.29, 0.717) is 10.9 Å². The number of thiazole rings is 1. The summed E-state index contributed by atoms with van der Waals surface area (Å²) in [6.45, 7) is 3.34. The van der Waals surface area contributed by atoms with Gasteiger partial charge in [-0.25, -0.2) is 9.37 Å². The number of halogens is 1. The zero-order valence-electron chi connectivity index (χ0n) is 11.5. The summed E-state index contributed by atoms with van der Waals surface area (Å²) in [5.74, 6) is -0.129. The van der Waals surface area contributed by atoms with Gasteiger partial charge in [0, 0.05) is 18.6 Å². The Labute approximate surface area is 120 Å². The maximum absolute atomic E-state index is 12.9. The Morgan fingerprint density at radius 2 is 2.00 bits per heavy atom. The minimum absolute atomic E-state index is 0.225. The molecule has 2 rings (SSSR count). The zero-order chi connectivity index (χ0) is 14.8. The SMILES string of the molecule is CN(C(=O)C(C)(C)Oc1ccc(F)cc1)c1nccs1. The van der Waals surface area contributed by atoms with E-state index in [4.69, 9.17) is 4.74 Å². The lowest BCUT2D eigenvalue weighted by atomic mass is 10.1. The third-order valence-electron chi connectivity index (χ3n) is 2.71. The van der Waals surface area contributed by atoms with Crippen molar-refractivity contribution in [3.05, 3.63) is 41.7 Å². The molecule has 106 valence electrons. The molecule has 1 aromatic carbocycles. The number of anilines is 1. The van der Waals surface area contributed by atoms with Crippen LogP contribution in [0.5, 0.6) is 5.75 Å². The number of nitrogens with zero attached hydrogens (tertiary/aromatic N) is 2. The number of benzene rings is 1. The third kappa shape index (κ3) is 3.14. The van der Waals surface area contributed by atoms with Crippen LogP contribution in [0.15, 0.2) is 35.8 Å². The quantitative estimate of drug-likeness (QED) is 0.870. The van der Waals surface area contributed by atoms with Crippen LogP contribution >= 0.6 is 11.3 Å². The molecule has 0 unspecified atom stereocenters. The fraction of sp³-hybridized carbons (Fsp3) is 0.286. The van der Waals surface area contributed by atoms with Gasteiger partial charge in [-0.2, -0.15) is 0 Å². The molecular weight excluding hydrogens is 279 g/mol. The molecule has 0 atom stereocenters. The first-order valence-corrected chi connectivity index (χ1v) is 6.90. The zero-order valence-corrected chi connectivity index (χ0v) is 12.3. The van der Waals surface area contributed by atoms with Crippen LogP contribution in [0.4, 0.5) is 9.52 Å². The molecule has 4 nitrogen and oxygen atoms in total. The van der Waals surface area contributed by atoms with E-state index in [2.05, 4.69) is 4.98 Å². The minimum atomic E-state index is -1.07. The van der Waals surface area contributed by atoms with Gasteiger partial charge in [0.2, 0.25) is 0 Å². The van der Waals surface area contributed by atoms with E-state index < -0.39 is 5.60 Å². The van der Waals surface area contributed by atoms with Crippen LogP contribution in [0.25, 0.3) is 0 Å². The summed E-state index contributed by atoms with van der Waals surface area (Å²) < 4.78 is 18.5. The Morgan fingerprint density at radius 1 is 1.35 bits per heavy atom. The number of rotatable bonds is 4. The van der Waals surface area contributed by atoms with Gasteiger partial charge in [0.15, 0.2) is 10.7 Å². The van der Waals surface area contributed by atoms with Crippen LogP contribution in [0.2, 0.25) is 0 Å². The normalized spacial score (nSPS) is 11.2. The first-order chi connectivity index (χ1) is 9.40. The number of carbonyl (C=O) groups is 1. The first kappa shape index (κ1) is 14.5. The van der Waals surface area contributed by atoms with Crippen LogP contribution in [0, 0.1) is 5.82 Å². The van der Waals surface area contributed by atoms with Gasteiger partial charge in [-0.1, -0.05) is 0 Å². The van der Waals surface area contributed by atoms with Gasteiger partial charge >= 0.3 is 0 Å². The summed E-state index contributed by atoms with van der Waals surface area (Å²) in [6, 6.07) is 5.57. The van der Waals surface area contributed by atoms with Gasteiger partial charge in [0.1, 0.15) is 11.6 Å². The summed E-state index contributed by atoms with van der Waals surface area (Å²) in [7, 11) is 1.65. The monoisotopic (exact) mass is 294 g/mol. The molecule has 0 aliphatic rings. The second-order valence-electron chi connectivity index (χ2n) is 4.75. The number of likely N-dealkylation sites (N-methyl/N-ethyl adjacent to an activating group) is 1. The van der Waals surface area contributed by atoms with Crippen LogP contribution in [0.1, 0.15) is 13.8 Å². The van der Waals surface area contributed by atoms with Crippen molar-refractivity contribution < 1.29 is 13.9 Å². The lowest BCUT2D eigenvalue weighted by Gasteiger charge is -2.28. The van der Waals surface area contributed by atoms with Crippen LogP contribution in [0.3, 0.4) is 0 Å². The van der Waals surface area contributed by atoms with Gasteiger partial charge < -0.3 is 4.74 Å². The van der Waals surface area contributed by atoms with Gasteiger partial charge in [-0.3, -0.25) is 9.69 Å². The molecule has 2 aromatic rings. The van der Waals surface area contributed by atoms with Crippen molar-refractivity contribution in [2.45, 2.75) is 19.4 Å². The fourth-order valence-corrected chi connectivity index (χ4v) is 2.32. The number of hydrogen-bond acceptors (Lipinski definition) is 4. The number of hydrogen-bond donors (Lipinski definition) is 0. The topological polar surface area (TPSA) is 42.4 Å². The van der Waals surface area contributed by atoms with Crippen LogP contribution < -0.4 is 9.64 Å². The largest absolute Gasteiger partial charge is 0.478 e. The molecule has 0 aliphatic heterocycles. The summed E-state index contributed by atoms with van der Waals surface area (Å²) in [5.41, 5.74) is -1.07. The number of carbonyl (C=O) groups excluding carboxylic acids is 1. The predicted molar refractivity (Wildman–Crippen MR) is 76.6 cm³/mol. The van der Waals surface area contributed by atoms with E-state index in [0.717, 1.165) is 0 Å². The molecule has 0 radical (unpaired) electrons. The van der Waals surface area contributed by atoms with Crippen molar-refractivity contribution in [1.29, 1.82) is 0 Å². The van der Waals surface area contributed by atoms with Gasteiger partial charge in [0.05, 0.1) is 0 Å². The highest BCUT2D eigenvalue weighted by Crippen LogP contribution is 2.24. The summed E-state index contributed by atoms with van der Waals surface area (Å²) in [5, 5.41) is 2.40. The molecule has 20 heavy (non-hydrogen) atoms. The molecule has 0 bridgehead atoms. The molecular formula is C14H15FN2O2S. The van der Waals surface area contributed by atoms with Gasteiger partial charge in [-0.15, -0.1) is 11.3 Å². The average Bonchev–Trinajstić information content (AvgIpc) is 2.93. The molecule has 0 aliphatic carbocycles. The third-order valence-corrected chi connectivity index (χ3v) is 3.56. The predicted octanol–water partition coefficient (Wildman–Crippen LogP) is 3.10. The molecule has 1 amide bonds. The fourth-order valence-electron chi connectivity index (χ4n) is 1.71. The molecule has 0 saturated carbocycles. The molecule has 0 spiro atoms. The van der Waals surface area contributed by atoms with Crippen molar-refractivity contribution in [2.75, 3.05) is 11.9 Å². The van der Waals surface area contributed by atoms with E-state index in [-0.39, 0.29) is 11.7 Å². The molecule has 6 heteroatoms. The van der Waals surface area contributed by atoms with Crippen molar-refractivity contribution in [2.24, 2.45) is 0 Å². The van der Waals surface area contributed by atoms with Crippen molar-refractivity contribution >= 4 is 22.4 Å². The summed E-state index contributed by atoms with van der Waals surface area (Å²) >= 11 is 1.37.